The van der Waals surface area contributed by atoms with Gasteiger partial charge in [-0.2, -0.15) is 21.4 Å². The van der Waals surface area contributed by atoms with E-state index in [0.29, 0.717) is 130 Å². The van der Waals surface area contributed by atoms with Crippen molar-refractivity contribution >= 4 is 113 Å². The molecule has 0 saturated carbocycles. The highest BCUT2D eigenvalue weighted by Crippen LogP contribution is 2.49. The number of benzene rings is 5. The molecular formula is C99H142N19O26S2+. The van der Waals surface area contributed by atoms with Crippen LogP contribution >= 0.6 is 0 Å². The summed E-state index contributed by atoms with van der Waals surface area (Å²) in [6, 6.07) is 21.9. The monoisotopic (exact) mass is 2080 g/mol. The number of nitrogens with two attached hydrogens (primary N) is 2. The summed E-state index contributed by atoms with van der Waals surface area (Å²) < 4.78 is 95.3. The van der Waals surface area contributed by atoms with Crippen molar-refractivity contribution in [3.63, 3.8) is 0 Å². The van der Waals surface area contributed by atoms with Crippen molar-refractivity contribution in [1.82, 2.24) is 63.4 Å². The molecule has 0 bridgehead atoms. The van der Waals surface area contributed by atoms with Gasteiger partial charge in [0.2, 0.25) is 52.9 Å². The molecule has 3 fully saturated rings. The fourth-order valence-electron chi connectivity index (χ4n) is 18.3. The number of allylic oxidation sites excluding steroid dienone is 6. The number of aliphatic hydroxyl groups is 7. The third-order valence-corrected chi connectivity index (χ3v) is 28.1. The lowest BCUT2D eigenvalue weighted by molar-refractivity contribution is -0.438. The normalized spacial score (nSPS) is 23.5. The first-order valence-electron chi connectivity index (χ1n) is 49.1. The number of nitrogens with one attached hydrogen (secondary N) is 14. The Kier molecular flexibility index (Phi) is 43.2. The summed E-state index contributed by atoms with van der Waals surface area (Å²) in [5, 5.41) is 140. The van der Waals surface area contributed by atoms with Crippen LogP contribution in [0.2, 0.25) is 0 Å². The van der Waals surface area contributed by atoms with Crippen LogP contribution in [0.15, 0.2) is 149 Å². The van der Waals surface area contributed by atoms with E-state index in [2.05, 4.69) is 58.5 Å². The van der Waals surface area contributed by atoms with E-state index in [1.54, 1.807) is 42.5 Å². The lowest BCUT2D eigenvalue weighted by Crippen LogP contribution is -2.64. The van der Waals surface area contributed by atoms with Crippen LogP contribution in [-0.2, 0) is 101 Å². The molecule has 0 aliphatic carbocycles. The van der Waals surface area contributed by atoms with Gasteiger partial charge in [0.25, 0.3) is 20.2 Å². The van der Waals surface area contributed by atoms with Crippen LogP contribution in [0.25, 0.3) is 10.8 Å². The Morgan fingerprint density at radius 3 is 1.84 bits per heavy atom. The average Bonchev–Trinajstić information content (AvgIpc) is 1.59. The number of carbonyl (C=O) groups excluding carboxylic acids is 8. The molecule has 0 radical (unpaired) electrons. The number of unbranched alkanes of at least 4 members (excludes halogenated alkanes) is 8. The minimum atomic E-state index is -4.67. The molecule has 45 nitrogen and oxygen atoms in total. The number of ether oxygens (including phenoxy) is 4. The summed E-state index contributed by atoms with van der Waals surface area (Å²) in [7, 11) is -9.31. The maximum atomic E-state index is 14.9. The number of fused-ring (bicyclic) bond motifs is 3. The fourth-order valence-corrected chi connectivity index (χ4v) is 19.3. The summed E-state index contributed by atoms with van der Waals surface area (Å²) in [4.78, 5) is 115. The van der Waals surface area contributed by atoms with Gasteiger partial charge in [-0.25, -0.2) is 0 Å². The molecule has 5 aliphatic rings. The number of amides is 8. The molecule has 8 amide bonds. The number of guanidine groups is 3. The van der Waals surface area contributed by atoms with E-state index in [9.17, 15) is 105 Å². The van der Waals surface area contributed by atoms with Crippen LogP contribution in [0.1, 0.15) is 160 Å². The van der Waals surface area contributed by atoms with Crippen molar-refractivity contribution in [2.24, 2.45) is 11.5 Å². The second-order valence-electron chi connectivity index (χ2n) is 37.9. The van der Waals surface area contributed by atoms with Crippen LogP contribution < -0.4 is 74.9 Å². The van der Waals surface area contributed by atoms with Gasteiger partial charge in [0, 0.05) is 106 Å². The summed E-state index contributed by atoms with van der Waals surface area (Å²) >= 11 is 0. The quantitative estimate of drug-likeness (QED) is 0.00616. The van der Waals surface area contributed by atoms with Gasteiger partial charge in [0.1, 0.15) is 91.3 Å². The highest BCUT2D eigenvalue weighted by Gasteiger charge is 2.52. The standard InChI is InChI=1S/C99H141N19O26S2/c1-59-88(130)114-70(27-23-45-107-96(102)103)91(133)115-71(52-61-31-34-62-24-15-16-25-63(62)50-61)90(132)111-56-81(124)113-72(51-60-32-35-64(121)36-33-60)92(134)116(59)46-20-9-8-19-43-109-97(104)108-42-18-7-6-17-41-105-80(123)55-110-89(131)69(26-22-44-106-95(100)101)112-79(122)30-14-11-21-47-117-73-39-37-65(145(135,136)137)53-67(73)98(2,3)77(117)28-12-10-13-29-78-99(4,5)68-54-66(146(138,139)140)38-40-74(68)118(78)48-49-141-93-86(129)84(127)87(76(58-120)143-93)144-94-85(128)83(126)82(125)75(57-119)142-94/h10,12-13,15-16,24-25,28-29,31-40,50,53-54,59,69-72,75-76,82-87,93-94,119-120,125-129H,6-9,11,14,17-23,26-27,30,41-49,51-52,55-58H2,1-5H3,(H20-,100,101,102,103,104,105,106,107,108,109,110,111,112,113,114,115,121,122,123,124,130,131,132,133,135,136,137,138,139,140)/p+1/t59-,69-,70+,71+,72-,75?,76?,82-,83+,84-,85?,86?,87-,93+,94+/m1/s1. The lowest BCUT2D eigenvalue weighted by Gasteiger charge is -2.46. The molecule has 15 atom stereocenters. The van der Waals surface area contributed by atoms with Crippen LogP contribution in [0.3, 0.4) is 0 Å². The molecule has 4 unspecified atom stereocenters. The number of phenolic OH excluding ortho intramolecular Hbond substituents is 1. The summed E-state index contributed by atoms with van der Waals surface area (Å²) in [6.07, 6.45) is -0.727. The lowest BCUT2D eigenvalue weighted by atomic mass is 9.81. The molecule has 5 heterocycles. The Morgan fingerprint density at radius 1 is 0.582 bits per heavy atom. The molecule has 0 aromatic heterocycles. The summed E-state index contributed by atoms with van der Waals surface area (Å²) in [5.74, 6) is -5.32. The van der Waals surface area contributed by atoms with Gasteiger partial charge >= 0.3 is 0 Å². The number of nitrogens with zero attached hydrogens (tertiary/aromatic N) is 3. The van der Waals surface area contributed by atoms with E-state index in [1.165, 1.54) is 54.3 Å². The highest BCUT2D eigenvalue weighted by atomic mass is 32.2. The molecule has 10 rings (SSSR count). The Balaban J connectivity index is 0.661. The Morgan fingerprint density at radius 2 is 1.18 bits per heavy atom. The smallest absolute Gasteiger partial charge is 0.294 e. The predicted molar refractivity (Wildman–Crippen MR) is 539 cm³/mol. The van der Waals surface area contributed by atoms with Gasteiger partial charge in [-0.3, -0.25) is 63.7 Å². The maximum absolute atomic E-state index is 14.9. The SMILES string of the molecule is C[C@@H]1C(=O)N[C@@H](CCCNC(=N)N)C(=O)N[C@@H](Cc2ccc3ccccc3c2)C(=O)NCC(=O)N[C@H](Cc2ccc(O)cc2)C(=O)N1CCCCCCNC(=N)NCCCCCCNC(=O)CNC(=O)[C@@H](CCCNC(=N)N)NC(=O)CCCCC[N+]1=C(/C=C/C=C/C=C2/N(CCO[C@H]3OC(CO)[C@@H](O[C@@H]4OC(CO)[C@@H](O)[C@H](O)C4O)[C@H](O)C3O)c3ccc(S(=O)(=O)O)cc3C2(C)C)C(C)(C)c2cc(S(=O)(=O)O)ccc21. The van der Waals surface area contributed by atoms with Gasteiger partial charge in [-0.15, -0.1) is 0 Å². The molecule has 3 saturated heterocycles. The van der Waals surface area contributed by atoms with Crippen molar-refractivity contribution in [2.75, 3.05) is 90.2 Å². The first kappa shape index (κ1) is 116. The van der Waals surface area contributed by atoms with Crippen LogP contribution in [0.5, 0.6) is 5.75 Å². The Bertz CT molecular complexity index is 5750. The van der Waals surface area contributed by atoms with E-state index in [0.717, 1.165) is 29.3 Å². The Labute approximate surface area is 848 Å². The third-order valence-electron chi connectivity index (χ3n) is 26.4. The van der Waals surface area contributed by atoms with E-state index in [-0.39, 0.29) is 111 Å². The number of hydrogen-bond donors (Lipinski definition) is 26. The predicted octanol–water partition coefficient (Wildman–Crippen LogP) is 0.175. The zero-order chi connectivity index (χ0) is 106. The number of hydrogen-bond acceptors (Lipinski definition) is 28. The van der Waals surface area contributed by atoms with Crippen molar-refractivity contribution < 1.29 is 129 Å². The molecule has 0 spiro atoms. The van der Waals surface area contributed by atoms with E-state index >= 15 is 0 Å². The number of phenols is 1. The second-order valence-corrected chi connectivity index (χ2v) is 40.7. The second kappa shape index (κ2) is 54.5. The number of rotatable bonds is 49. The summed E-state index contributed by atoms with van der Waals surface area (Å²) in [5.41, 5.74) is 14.1. The minimum Gasteiger partial charge on any atom is -0.508 e. The topological polar surface area (TPSA) is 709 Å². The van der Waals surface area contributed by atoms with E-state index < -0.39 is 190 Å². The molecular weight excluding hydrogens is 1940 g/mol. The van der Waals surface area contributed by atoms with E-state index in [1.807, 2.05) is 85.7 Å². The number of aliphatic hydroxyl groups excluding tert-OH is 7. The minimum absolute atomic E-state index is 0.00102. The molecule has 28 N–H and O–H groups in total. The number of carbonyl (C=O) groups is 8. The van der Waals surface area contributed by atoms with E-state index in [4.69, 9.17) is 46.6 Å². The largest absolute Gasteiger partial charge is 0.508 e. The maximum Gasteiger partial charge on any atom is 0.294 e. The van der Waals surface area contributed by atoms with Gasteiger partial charge in [0.05, 0.1) is 48.1 Å². The number of anilines is 1. The Hall–Kier alpha value is -12.2. The van der Waals surface area contributed by atoms with Gasteiger partial charge in [-0.05, 0) is 161 Å². The molecule has 5 aliphatic heterocycles. The molecule has 5 aromatic rings. The average molecular weight is 2080 g/mol. The van der Waals surface area contributed by atoms with Crippen molar-refractivity contribution in [2.45, 2.75) is 262 Å². The van der Waals surface area contributed by atoms with Gasteiger partial charge in [0.15, 0.2) is 36.2 Å². The van der Waals surface area contributed by atoms with Crippen molar-refractivity contribution in [3.05, 3.63) is 161 Å². The van der Waals surface area contributed by atoms with Crippen LogP contribution in [0, 0.1) is 16.2 Å². The van der Waals surface area contributed by atoms with Crippen molar-refractivity contribution in [1.29, 1.82) is 16.2 Å². The molecule has 146 heavy (non-hydrogen) atoms. The summed E-state index contributed by atoms with van der Waals surface area (Å²) in [6.45, 7) is 8.31. The fraction of sp³-hybridized carbons (Fsp3) is 0.535. The highest BCUT2D eigenvalue weighted by molar-refractivity contribution is 7.86. The van der Waals surface area contributed by atoms with Crippen LogP contribution in [0.4, 0.5) is 11.4 Å². The van der Waals surface area contributed by atoms with Crippen molar-refractivity contribution in [3.8, 4) is 5.75 Å². The third kappa shape index (κ3) is 32.6. The zero-order valence-electron chi connectivity index (χ0n) is 82.6. The van der Waals surface area contributed by atoms with Gasteiger partial charge < -0.3 is 140 Å². The molecule has 800 valence electrons. The van der Waals surface area contributed by atoms with Crippen LogP contribution in [-0.4, -0.2) is 324 Å². The molecule has 47 heteroatoms. The first-order valence-corrected chi connectivity index (χ1v) is 52.0. The number of aromatic hydroxyl groups is 1. The van der Waals surface area contributed by atoms with Gasteiger partial charge in [-0.1, -0.05) is 112 Å². The zero-order valence-corrected chi connectivity index (χ0v) is 84.2. The first-order chi connectivity index (χ1) is 69.4. The molecule has 5 aromatic carbocycles.